The van der Waals surface area contributed by atoms with Crippen molar-refractivity contribution in [3.8, 4) is 5.75 Å². The molecule has 28 heavy (non-hydrogen) atoms. The number of amides is 2. The van der Waals surface area contributed by atoms with Gasteiger partial charge in [0.05, 0.1) is 13.7 Å². The smallest absolute Gasteiger partial charge is 0.315 e. The zero-order valence-electron chi connectivity index (χ0n) is 16.3. The first-order valence-electron chi connectivity index (χ1n) is 9.35. The van der Waals surface area contributed by atoms with Crippen LogP contribution < -0.4 is 15.4 Å². The molecule has 2 aromatic carbocycles. The van der Waals surface area contributed by atoms with Crippen LogP contribution in [-0.4, -0.2) is 29.5 Å². The number of nitrogens with one attached hydrogen (secondary N) is 2. The van der Waals surface area contributed by atoms with Gasteiger partial charge in [0.1, 0.15) is 5.75 Å². The summed E-state index contributed by atoms with van der Waals surface area (Å²) in [7, 11) is 1.66. The van der Waals surface area contributed by atoms with Crippen LogP contribution >= 0.6 is 0 Å². The van der Waals surface area contributed by atoms with Gasteiger partial charge in [0.15, 0.2) is 0 Å². The Morgan fingerprint density at radius 1 is 1.07 bits per heavy atom. The highest BCUT2D eigenvalue weighted by Crippen LogP contribution is 2.19. The Hall–Kier alpha value is -3.28. The molecule has 0 aliphatic heterocycles. The second-order valence-electron chi connectivity index (χ2n) is 6.65. The molecule has 146 valence electrons. The van der Waals surface area contributed by atoms with Gasteiger partial charge in [-0.15, -0.1) is 0 Å². The molecule has 0 radical (unpaired) electrons. The Balaban J connectivity index is 1.49. The lowest BCUT2D eigenvalue weighted by molar-refractivity contribution is 0.240. The Kier molecular flexibility index (Phi) is 6.68. The first kappa shape index (κ1) is 19.5. The van der Waals surface area contributed by atoms with Gasteiger partial charge in [-0.3, -0.25) is 4.68 Å². The lowest BCUT2D eigenvalue weighted by Gasteiger charge is -2.13. The fourth-order valence-corrected chi connectivity index (χ4v) is 3.10. The summed E-state index contributed by atoms with van der Waals surface area (Å²) in [5.74, 6) is 0.848. The lowest BCUT2D eigenvalue weighted by atomic mass is 10.1. The van der Waals surface area contributed by atoms with Gasteiger partial charge in [-0.2, -0.15) is 5.10 Å². The normalized spacial score (nSPS) is 10.5. The Labute approximate surface area is 165 Å². The number of carbonyl (C=O) groups excluding carboxylic acids is 1. The van der Waals surface area contributed by atoms with Gasteiger partial charge in [-0.25, -0.2) is 4.79 Å². The predicted molar refractivity (Wildman–Crippen MR) is 109 cm³/mol. The molecule has 3 aromatic rings. The van der Waals surface area contributed by atoms with E-state index in [2.05, 4.69) is 27.9 Å². The number of nitrogens with zero attached hydrogens (tertiary/aromatic N) is 2. The minimum atomic E-state index is -0.180. The molecular formula is C22H26N4O2. The average Bonchev–Trinajstić information content (AvgIpc) is 3.21. The van der Waals surface area contributed by atoms with Gasteiger partial charge in [0.25, 0.3) is 0 Å². The topological polar surface area (TPSA) is 68.2 Å². The Morgan fingerprint density at radius 3 is 2.64 bits per heavy atom. The number of aromatic nitrogens is 2. The number of hydrogen-bond acceptors (Lipinski definition) is 3. The van der Waals surface area contributed by atoms with Crippen molar-refractivity contribution < 1.29 is 9.53 Å². The molecule has 2 N–H and O–H groups in total. The van der Waals surface area contributed by atoms with E-state index >= 15 is 0 Å². The molecule has 0 aliphatic rings. The highest BCUT2D eigenvalue weighted by Gasteiger charge is 2.07. The quantitative estimate of drug-likeness (QED) is 0.632. The first-order chi connectivity index (χ1) is 13.7. The zero-order valence-corrected chi connectivity index (χ0v) is 16.3. The van der Waals surface area contributed by atoms with Gasteiger partial charge in [-0.05, 0) is 42.2 Å². The van der Waals surface area contributed by atoms with E-state index in [-0.39, 0.29) is 6.03 Å². The van der Waals surface area contributed by atoms with Crippen molar-refractivity contribution in [1.82, 2.24) is 20.4 Å². The second kappa shape index (κ2) is 9.60. The van der Waals surface area contributed by atoms with E-state index in [0.717, 1.165) is 22.4 Å². The van der Waals surface area contributed by atoms with Crippen molar-refractivity contribution in [2.75, 3.05) is 13.7 Å². The Morgan fingerprint density at radius 2 is 1.89 bits per heavy atom. The summed E-state index contributed by atoms with van der Waals surface area (Å²) in [5.41, 5.74) is 4.48. The minimum absolute atomic E-state index is 0.180. The van der Waals surface area contributed by atoms with Crippen LogP contribution in [0.2, 0.25) is 0 Å². The molecule has 0 aliphatic carbocycles. The van der Waals surface area contributed by atoms with Crippen molar-refractivity contribution in [2.24, 2.45) is 0 Å². The van der Waals surface area contributed by atoms with Crippen molar-refractivity contribution in [1.29, 1.82) is 0 Å². The number of urea groups is 1. The van der Waals surface area contributed by atoms with E-state index in [1.165, 1.54) is 5.56 Å². The highest BCUT2D eigenvalue weighted by atomic mass is 16.5. The van der Waals surface area contributed by atoms with E-state index in [0.29, 0.717) is 26.1 Å². The molecule has 6 heteroatoms. The summed E-state index contributed by atoms with van der Waals surface area (Å²) >= 11 is 0. The third-order valence-corrected chi connectivity index (χ3v) is 4.57. The number of ether oxygens (including phenoxy) is 1. The third kappa shape index (κ3) is 5.36. The summed E-state index contributed by atoms with van der Waals surface area (Å²) < 4.78 is 7.25. The molecule has 0 fully saturated rings. The van der Waals surface area contributed by atoms with Gasteiger partial charge >= 0.3 is 6.03 Å². The molecular weight excluding hydrogens is 352 g/mol. The highest BCUT2D eigenvalue weighted by molar-refractivity contribution is 5.73. The number of hydrogen-bond donors (Lipinski definition) is 2. The maximum absolute atomic E-state index is 12.2. The summed E-state index contributed by atoms with van der Waals surface area (Å²) in [4.78, 5) is 12.2. The van der Waals surface area contributed by atoms with Crippen LogP contribution in [0.4, 0.5) is 4.79 Å². The zero-order chi connectivity index (χ0) is 19.8. The average molecular weight is 378 g/mol. The lowest BCUT2D eigenvalue weighted by Crippen LogP contribution is -2.36. The standard InChI is InChI=1S/C22H26N4O2/c1-17-8-9-21(28-2)18(14-17)10-12-23-22(27)24-15-19-6-3-4-7-20(19)16-26-13-5-11-25-26/h3-9,11,13-14H,10,12,15-16H2,1-2H3,(H2,23,24,27). The summed E-state index contributed by atoms with van der Waals surface area (Å²) in [6, 6.07) is 15.8. The fraction of sp³-hybridized carbons (Fsp3) is 0.273. The summed E-state index contributed by atoms with van der Waals surface area (Å²) in [6.45, 7) is 3.74. The van der Waals surface area contributed by atoms with E-state index in [1.54, 1.807) is 13.3 Å². The van der Waals surface area contributed by atoms with Crippen LogP contribution in [-0.2, 0) is 19.5 Å². The molecule has 0 saturated heterocycles. The van der Waals surface area contributed by atoms with Crippen LogP contribution in [0, 0.1) is 6.92 Å². The number of aryl methyl sites for hydroxylation is 1. The summed E-state index contributed by atoms with van der Waals surface area (Å²) in [5, 5.41) is 10.1. The second-order valence-corrected chi connectivity index (χ2v) is 6.65. The van der Waals surface area contributed by atoms with Crippen LogP contribution in [0.3, 0.4) is 0 Å². The molecule has 2 amide bonds. The maximum Gasteiger partial charge on any atom is 0.315 e. The molecule has 1 heterocycles. The Bertz CT molecular complexity index is 907. The first-order valence-corrected chi connectivity index (χ1v) is 9.35. The van der Waals surface area contributed by atoms with E-state index in [1.807, 2.05) is 54.2 Å². The largest absolute Gasteiger partial charge is 0.496 e. The van der Waals surface area contributed by atoms with Crippen LogP contribution in [0.15, 0.2) is 60.9 Å². The van der Waals surface area contributed by atoms with Gasteiger partial charge in [-0.1, -0.05) is 42.0 Å². The molecule has 1 aromatic heterocycles. The number of rotatable bonds is 8. The molecule has 0 atom stereocenters. The molecule has 3 rings (SSSR count). The number of benzene rings is 2. The van der Waals surface area contributed by atoms with Crippen LogP contribution in [0.5, 0.6) is 5.75 Å². The molecule has 0 bridgehead atoms. The van der Waals surface area contributed by atoms with Crippen molar-refractivity contribution in [2.45, 2.75) is 26.4 Å². The van der Waals surface area contributed by atoms with Crippen molar-refractivity contribution >= 4 is 6.03 Å². The van der Waals surface area contributed by atoms with Crippen LogP contribution in [0.1, 0.15) is 22.3 Å². The van der Waals surface area contributed by atoms with Crippen molar-refractivity contribution in [3.63, 3.8) is 0 Å². The van der Waals surface area contributed by atoms with Gasteiger partial charge in [0, 0.05) is 25.5 Å². The SMILES string of the molecule is COc1ccc(C)cc1CCNC(=O)NCc1ccccc1Cn1cccn1. The predicted octanol–water partition coefficient (Wildman–Crippen LogP) is 3.29. The van der Waals surface area contributed by atoms with Crippen LogP contribution in [0.25, 0.3) is 0 Å². The monoisotopic (exact) mass is 378 g/mol. The number of methoxy groups -OCH3 is 1. The van der Waals surface area contributed by atoms with Gasteiger partial charge in [0.2, 0.25) is 0 Å². The molecule has 6 nitrogen and oxygen atoms in total. The fourth-order valence-electron chi connectivity index (χ4n) is 3.10. The van der Waals surface area contributed by atoms with E-state index in [4.69, 9.17) is 4.74 Å². The third-order valence-electron chi connectivity index (χ3n) is 4.57. The van der Waals surface area contributed by atoms with Crippen molar-refractivity contribution in [3.05, 3.63) is 83.2 Å². The molecule has 0 spiro atoms. The molecule has 0 unspecified atom stereocenters. The minimum Gasteiger partial charge on any atom is -0.496 e. The summed E-state index contributed by atoms with van der Waals surface area (Å²) in [6.07, 6.45) is 4.40. The van der Waals surface area contributed by atoms with E-state index in [9.17, 15) is 4.79 Å². The maximum atomic E-state index is 12.2. The van der Waals surface area contributed by atoms with Gasteiger partial charge < -0.3 is 15.4 Å². The van der Waals surface area contributed by atoms with E-state index < -0.39 is 0 Å². The molecule has 0 saturated carbocycles. The number of carbonyl (C=O) groups is 1.